The molecule has 110 valence electrons. The van der Waals surface area contributed by atoms with Crippen LogP contribution >= 0.6 is 0 Å². The molecule has 0 atom stereocenters. The van der Waals surface area contributed by atoms with Crippen LogP contribution in [0.3, 0.4) is 0 Å². The molecule has 2 aromatic carbocycles. The Balaban J connectivity index is 1.97. The van der Waals surface area contributed by atoms with Crippen LogP contribution in [0.15, 0.2) is 42.5 Å². The normalized spacial score (nSPS) is 10.0. The van der Waals surface area contributed by atoms with Gasteiger partial charge in [-0.25, -0.2) is 4.79 Å². The van der Waals surface area contributed by atoms with Crippen LogP contribution in [0.2, 0.25) is 0 Å². The Morgan fingerprint density at radius 1 is 1.00 bits per heavy atom. The van der Waals surface area contributed by atoms with E-state index in [1.165, 1.54) is 16.7 Å². The van der Waals surface area contributed by atoms with Crippen molar-refractivity contribution < 1.29 is 4.79 Å². The van der Waals surface area contributed by atoms with Gasteiger partial charge in [0.25, 0.3) is 0 Å². The molecular weight excluding hydrogens is 262 g/mol. The molecule has 0 spiro atoms. The van der Waals surface area contributed by atoms with E-state index in [4.69, 9.17) is 0 Å². The average Bonchev–Trinajstić information content (AvgIpc) is 2.50. The molecule has 4 nitrogen and oxygen atoms in total. The predicted molar refractivity (Wildman–Crippen MR) is 87.8 cm³/mol. The maximum absolute atomic E-state index is 11.2. The summed E-state index contributed by atoms with van der Waals surface area (Å²) in [4.78, 5) is 11.2. The summed E-state index contributed by atoms with van der Waals surface area (Å²) in [6, 6.07) is 13.8. The molecule has 0 saturated carbocycles. The topological polar surface area (TPSA) is 53.2 Å². The zero-order chi connectivity index (χ0) is 15.2. The van der Waals surface area contributed by atoms with Crippen LogP contribution in [0.25, 0.3) is 0 Å². The summed E-state index contributed by atoms with van der Waals surface area (Å²) >= 11 is 0. The zero-order valence-electron chi connectivity index (χ0n) is 12.7. The summed E-state index contributed by atoms with van der Waals surface area (Å²) in [5.74, 6) is 0. The van der Waals surface area contributed by atoms with Crippen LogP contribution < -0.4 is 16.0 Å². The van der Waals surface area contributed by atoms with Gasteiger partial charge in [-0.1, -0.05) is 18.2 Å². The van der Waals surface area contributed by atoms with Gasteiger partial charge >= 0.3 is 6.03 Å². The van der Waals surface area contributed by atoms with Crippen molar-refractivity contribution in [3.05, 3.63) is 59.2 Å². The molecule has 2 rings (SSSR count). The Bertz CT molecular complexity index is 620. The van der Waals surface area contributed by atoms with Gasteiger partial charge in [-0.3, -0.25) is 0 Å². The molecule has 0 heterocycles. The summed E-state index contributed by atoms with van der Waals surface area (Å²) in [7, 11) is 1.59. The lowest BCUT2D eigenvalue weighted by atomic mass is 10.0. The van der Waals surface area contributed by atoms with Gasteiger partial charge in [0, 0.05) is 25.0 Å². The van der Waals surface area contributed by atoms with E-state index in [1.54, 1.807) is 7.05 Å². The second-order valence-corrected chi connectivity index (χ2v) is 4.99. The first kappa shape index (κ1) is 14.9. The predicted octanol–water partition coefficient (Wildman–Crippen LogP) is 3.67. The van der Waals surface area contributed by atoms with Crippen LogP contribution in [0.4, 0.5) is 16.2 Å². The van der Waals surface area contributed by atoms with E-state index >= 15 is 0 Å². The first-order chi connectivity index (χ1) is 10.1. The van der Waals surface area contributed by atoms with Gasteiger partial charge in [0.2, 0.25) is 0 Å². The van der Waals surface area contributed by atoms with E-state index in [2.05, 4.69) is 48.0 Å². The quantitative estimate of drug-likeness (QED) is 0.802. The molecule has 4 heteroatoms. The van der Waals surface area contributed by atoms with Crippen molar-refractivity contribution in [3.63, 3.8) is 0 Å². The van der Waals surface area contributed by atoms with Gasteiger partial charge in [-0.15, -0.1) is 0 Å². The van der Waals surface area contributed by atoms with E-state index < -0.39 is 0 Å². The summed E-state index contributed by atoms with van der Waals surface area (Å²) in [5.41, 5.74) is 5.72. The first-order valence-electron chi connectivity index (χ1n) is 6.98. The fourth-order valence-corrected chi connectivity index (χ4v) is 2.07. The first-order valence-corrected chi connectivity index (χ1v) is 6.98. The van der Waals surface area contributed by atoms with E-state index in [1.807, 2.05) is 24.3 Å². The Hall–Kier alpha value is -2.49. The van der Waals surface area contributed by atoms with Crippen molar-refractivity contribution >= 4 is 17.4 Å². The molecule has 0 aliphatic rings. The molecule has 0 aromatic heterocycles. The molecule has 3 N–H and O–H groups in total. The number of hydrogen-bond donors (Lipinski definition) is 3. The largest absolute Gasteiger partial charge is 0.381 e. The van der Waals surface area contributed by atoms with Gasteiger partial charge in [-0.2, -0.15) is 0 Å². The van der Waals surface area contributed by atoms with Crippen molar-refractivity contribution in [2.45, 2.75) is 20.4 Å². The minimum Gasteiger partial charge on any atom is -0.381 e. The molecule has 21 heavy (non-hydrogen) atoms. The third-order valence-corrected chi connectivity index (χ3v) is 3.57. The van der Waals surface area contributed by atoms with E-state index in [9.17, 15) is 4.79 Å². The summed E-state index contributed by atoms with van der Waals surface area (Å²) in [6.45, 7) is 5.05. The van der Waals surface area contributed by atoms with Crippen molar-refractivity contribution in [1.29, 1.82) is 0 Å². The standard InChI is InChI=1S/C17H21N3O/c1-12-5-4-6-14(13(12)2)11-19-15-7-9-16(10-8-15)20-17(21)18-3/h4-10,19H,11H2,1-3H3,(H2,18,20,21). The van der Waals surface area contributed by atoms with Crippen molar-refractivity contribution in [2.24, 2.45) is 0 Å². The van der Waals surface area contributed by atoms with Crippen LogP contribution in [0.1, 0.15) is 16.7 Å². The van der Waals surface area contributed by atoms with Crippen LogP contribution in [-0.2, 0) is 6.54 Å². The Morgan fingerprint density at radius 3 is 2.33 bits per heavy atom. The number of urea groups is 1. The van der Waals surface area contributed by atoms with Gasteiger partial charge in [0.05, 0.1) is 0 Å². The maximum Gasteiger partial charge on any atom is 0.318 e. The van der Waals surface area contributed by atoms with Gasteiger partial charge in [0.1, 0.15) is 0 Å². The van der Waals surface area contributed by atoms with Crippen LogP contribution in [0, 0.1) is 13.8 Å². The number of hydrogen-bond acceptors (Lipinski definition) is 2. The highest BCUT2D eigenvalue weighted by atomic mass is 16.2. The summed E-state index contributed by atoms with van der Waals surface area (Å²) in [5, 5.41) is 8.65. The highest BCUT2D eigenvalue weighted by Gasteiger charge is 2.01. The SMILES string of the molecule is CNC(=O)Nc1ccc(NCc2cccc(C)c2C)cc1. The Kier molecular flexibility index (Phi) is 4.82. The minimum absolute atomic E-state index is 0.217. The number of nitrogens with one attached hydrogen (secondary N) is 3. The van der Waals surface area contributed by atoms with E-state index in [0.29, 0.717) is 0 Å². The minimum atomic E-state index is -0.217. The fraction of sp³-hybridized carbons (Fsp3) is 0.235. The summed E-state index contributed by atoms with van der Waals surface area (Å²) < 4.78 is 0. The smallest absolute Gasteiger partial charge is 0.318 e. The molecule has 0 saturated heterocycles. The molecular formula is C17H21N3O. The Labute approximate surface area is 125 Å². The number of carbonyl (C=O) groups excluding carboxylic acids is 1. The maximum atomic E-state index is 11.2. The molecule has 0 aliphatic heterocycles. The van der Waals surface area contributed by atoms with E-state index in [0.717, 1.165) is 17.9 Å². The highest BCUT2D eigenvalue weighted by Crippen LogP contribution is 2.17. The lowest BCUT2D eigenvalue weighted by molar-refractivity contribution is 0.254. The monoisotopic (exact) mass is 283 g/mol. The number of rotatable bonds is 4. The second kappa shape index (κ2) is 6.79. The number of carbonyl (C=O) groups is 1. The lowest BCUT2D eigenvalue weighted by Gasteiger charge is -2.11. The molecule has 0 bridgehead atoms. The van der Waals surface area contributed by atoms with Gasteiger partial charge < -0.3 is 16.0 Å². The van der Waals surface area contributed by atoms with E-state index in [-0.39, 0.29) is 6.03 Å². The number of aryl methyl sites for hydroxylation is 1. The zero-order valence-corrected chi connectivity index (χ0v) is 12.7. The number of benzene rings is 2. The van der Waals surface area contributed by atoms with Gasteiger partial charge in [0.15, 0.2) is 0 Å². The molecule has 2 amide bonds. The van der Waals surface area contributed by atoms with Gasteiger partial charge in [-0.05, 0) is 54.8 Å². The third-order valence-electron chi connectivity index (χ3n) is 3.57. The highest BCUT2D eigenvalue weighted by molar-refractivity contribution is 5.89. The van der Waals surface area contributed by atoms with Crippen molar-refractivity contribution in [1.82, 2.24) is 5.32 Å². The molecule has 0 radical (unpaired) electrons. The average molecular weight is 283 g/mol. The number of amides is 2. The second-order valence-electron chi connectivity index (χ2n) is 4.99. The molecule has 0 fully saturated rings. The fourth-order valence-electron chi connectivity index (χ4n) is 2.07. The van der Waals surface area contributed by atoms with Crippen LogP contribution in [-0.4, -0.2) is 13.1 Å². The third kappa shape index (κ3) is 3.99. The number of anilines is 2. The molecule has 0 aliphatic carbocycles. The van der Waals surface area contributed by atoms with Crippen LogP contribution in [0.5, 0.6) is 0 Å². The van der Waals surface area contributed by atoms with Crippen molar-refractivity contribution in [3.8, 4) is 0 Å². The Morgan fingerprint density at radius 2 is 1.67 bits per heavy atom. The summed E-state index contributed by atoms with van der Waals surface area (Å²) in [6.07, 6.45) is 0. The lowest BCUT2D eigenvalue weighted by Crippen LogP contribution is -2.24. The van der Waals surface area contributed by atoms with Crippen molar-refractivity contribution in [2.75, 3.05) is 17.7 Å². The molecule has 0 unspecified atom stereocenters. The molecule has 2 aromatic rings.